The molecule has 1 aromatic heterocycles. The van der Waals surface area contributed by atoms with E-state index in [2.05, 4.69) is 20.9 Å². The summed E-state index contributed by atoms with van der Waals surface area (Å²) in [7, 11) is 1.56. The number of hydrogen-bond donors (Lipinski definition) is 0. The number of halogens is 1. The van der Waals surface area contributed by atoms with Crippen LogP contribution in [0.15, 0.2) is 58.1 Å². The van der Waals surface area contributed by atoms with Crippen LogP contribution < -0.4 is 10.3 Å². The molecule has 0 atom stereocenters. The molecule has 6 nitrogen and oxygen atoms in total. The van der Waals surface area contributed by atoms with Gasteiger partial charge in [-0.15, -0.1) is 0 Å². The average molecular weight is 417 g/mol. The maximum Gasteiger partial charge on any atom is 0.307 e. The lowest BCUT2D eigenvalue weighted by Gasteiger charge is -2.10. The molecule has 134 valence electrons. The standard InChI is InChI=1S/C19H17BrN2O4/c1-25-17-7-6-14(20)10-13(17)11-26-18(23)8-9-22-12-21-16-5-3-2-4-15(16)19(22)24/h2-7,10,12H,8-9,11H2,1H3. The predicted octanol–water partition coefficient (Wildman–Crippen LogP) is 3.30. The summed E-state index contributed by atoms with van der Waals surface area (Å²) in [6.45, 7) is 0.317. The number of hydrogen-bond acceptors (Lipinski definition) is 5. The minimum Gasteiger partial charge on any atom is -0.496 e. The molecule has 0 amide bonds. The molecule has 0 aliphatic rings. The van der Waals surface area contributed by atoms with Crippen molar-refractivity contribution in [3.8, 4) is 5.75 Å². The number of methoxy groups -OCH3 is 1. The van der Waals surface area contributed by atoms with Gasteiger partial charge in [0.05, 0.1) is 30.8 Å². The zero-order valence-corrected chi connectivity index (χ0v) is 15.7. The summed E-state index contributed by atoms with van der Waals surface area (Å²) in [6.07, 6.45) is 1.53. The molecule has 0 fully saturated rings. The van der Waals surface area contributed by atoms with E-state index in [1.54, 1.807) is 31.4 Å². The van der Waals surface area contributed by atoms with Crippen molar-refractivity contribution in [2.75, 3.05) is 7.11 Å². The second kappa shape index (κ2) is 8.14. The van der Waals surface area contributed by atoms with Crippen molar-refractivity contribution in [3.63, 3.8) is 0 Å². The van der Waals surface area contributed by atoms with Crippen molar-refractivity contribution in [1.82, 2.24) is 9.55 Å². The summed E-state index contributed by atoms with van der Waals surface area (Å²) in [5.74, 6) is 0.253. The first-order chi connectivity index (χ1) is 12.6. The van der Waals surface area contributed by atoms with Gasteiger partial charge in [0, 0.05) is 16.6 Å². The highest BCUT2D eigenvalue weighted by molar-refractivity contribution is 9.10. The van der Waals surface area contributed by atoms with Gasteiger partial charge in [-0.1, -0.05) is 28.1 Å². The smallest absolute Gasteiger partial charge is 0.307 e. The summed E-state index contributed by atoms with van der Waals surface area (Å²) in [5.41, 5.74) is 1.23. The Morgan fingerprint density at radius 3 is 2.85 bits per heavy atom. The van der Waals surface area contributed by atoms with Crippen LogP contribution in [-0.4, -0.2) is 22.6 Å². The summed E-state index contributed by atoms with van der Waals surface area (Å²) in [4.78, 5) is 28.7. The average Bonchev–Trinajstić information content (AvgIpc) is 2.66. The van der Waals surface area contributed by atoms with Crippen LogP contribution in [-0.2, 0) is 22.7 Å². The fourth-order valence-corrected chi connectivity index (χ4v) is 2.98. The van der Waals surface area contributed by atoms with E-state index in [1.165, 1.54) is 10.9 Å². The molecule has 2 aromatic carbocycles. The molecule has 0 aliphatic carbocycles. The Morgan fingerprint density at radius 2 is 2.04 bits per heavy atom. The number of esters is 1. The second-order valence-electron chi connectivity index (χ2n) is 5.63. The lowest BCUT2D eigenvalue weighted by Crippen LogP contribution is -2.22. The highest BCUT2D eigenvalue weighted by atomic mass is 79.9. The molecule has 0 unspecified atom stereocenters. The molecule has 0 bridgehead atoms. The minimum absolute atomic E-state index is 0.0796. The number of carbonyl (C=O) groups excluding carboxylic acids is 1. The predicted molar refractivity (Wildman–Crippen MR) is 101 cm³/mol. The topological polar surface area (TPSA) is 70.4 Å². The molecule has 0 radical (unpaired) electrons. The number of nitrogens with zero attached hydrogens (tertiary/aromatic N) is 2. The van der Waals surface area contributed by atoms with E-state index < -0.39 is 5.97 Å². The van der Waals surface area contributed by atoms with E-state index in [4.69, 9.17) is 9.47 Å². The highest BCUT2D eigenvalue weighted by Crippen LogP contribution is 2.23. The van der Waals surface area contributed by atoms with Gasteiger partial charge in [0.1, 0.15) is 12.4 Å². The third-order valence-electron chi connectivity index (χ3n) is 3.92. The van der Waals surface area contributed by atoms with E-state index in [1.807, 2.05) is 18.2 Å². The zero-order valence-electron chi connectivity index (χ0n) is 14.1. The third kappa shape index (κ3) is 4.11. The van der Waals surface area contributed by atoms with Crippen LogP contribution in [0.5, 0.6) is 5.75 Å². The van der Waals surface area contributed by atoms with Crippen LogP contribution in [0.25, 0.3) is 10.9 Å². The number of rotatable bonds is 6. The van der Waals surface area contributed by atoms with Crippen molar-refractivity contribution in [2.24, 2.45) is 0 Å². The Hall–Kier alpha value is -2.67. The van der Waals surface area contributed by atoms with Gasteiger partial charge in [-0.2, -0.15) is 0 Å². The Labute approximate surface area is 158 Å². The molecule has 0 saturated carbocycles. The van der Waals surface area contributed by atoms with Crippen LogP contribution in [0.3, 0.4) is 0 Å². The first kappa shape index (κ1) is 18.1. The Morgan fingerprint density at radius 1 is 1.23 bits per heavy atom. The number of aromatic nitrogens is 2. The maximum absolute atomic E-state index is 12.4. The maximum atomic E-state index is 12.4. The van der Waals surface area contributed by atoms with Gasteiger partial charge in [-0.05, 0) is 30.3 Å². The monoisotopic (exact) mass is 416 g/mol. The number of ether oxygens (including phenoxy) is 2. The molecular weight excluding hydrogens is 400 g/mol. The van der Waals surface area contributed by atoms with Crippen molar-refractivity contribution in [1.29, 1.82) is 0 Å². The van der Waals surface area contributed by atoms with Crippen LogP contribution in [0, 0.1) is 0 Å². The molecule has 0 N–H and O–H groups in total. The molecule has 0 aliphatic heterocycles. The second-order valence-corrected chi connectivity index (χ2v) is 6.54. The fourth-order valence-electron chi connectivity index (χ4n) is 2.57. The molecule has 1 heterocycles. The number of aryl methyl sites for hydroxylation is 1. The SMILES string of the molecule is COc1ccc(Br)cc1COC(=O)CCn1cnc2ccccc2c1=O. The van der Waals surface area contributed by atoms with E-state index in [-0.39, 0.29) is 25.1 Å². The summed E-state index contributed by atoms with van der Waals surface area (Å²) < 4.78 is 12.8. The number of benzene rings is 2. The van der Waals surface area contributed by atoms with E-state index in [9.17, 15) is 9.59 Å². The lowest BCUT2D eigenvalue weighted by atomic mass is 10.2. The van der Waals surface area contributed by atoms with Crippen molar-refractivity contribution in [3.05, 3.63) is 69.2 Å². The zero-order chi connectivity index (χ0) is 18.5. The lowest BCUT2D eigenvalue weighted by molar-refractivity contribution is -0.145. The number of carbonyl (C=O) groups is 1. The molecule has 3 rings (SSSR count). The number of para-hydroxylation sites is 1. The van der Waals surface area contributed by atoms with Gasteiger partial charge in [0.25, 0.3) is 5.56 Å². The van der Waals surface area contributed by atoms with Gasteiger partial charge in [-0.3, -0.25) is 14.2 Å². The summed E-state index contributed by atoms with van der Waals surface area (Å²) >= 11 is 3.38. The largest absolute Gasteiger partial charge is 0.496 e. The molecule has 26 heavy (non-hydrogen) atoms. The van der Waals surface area contributed by atoms with Crippen LogP contribution >= 0.6 is 15.9 Å². The first-order valence-electron chi connectivity index (χ1n) is 8.00. The molecular formula is C19H17BrN2O4. The molecule has 3 aromatic rings. The minimum atomic E-state index is -0.396. The molecule has 7 heteroatoms. The third-order valence-corrected chi connectivity index (χ3v) is 4.41. The van der Waals surface area contributed by atoms with Gasteiger partial charge >= 0.3 is 5.97 Å². The normalized spacial score (nSPS) is 10.7. The summed E-state index contributed by atoms with van der Waals surface area (Å²) in [6, 6.07) is 12.6. The Bertz CT molecular complexity index is 1000. The first-order valence-corrected chi connectivity index (χ1v) is 8.80. The fraction of sp³-hybridized carbons (Fsp3) is 0.211. The van der Waals surface area contributed by atoms with E-state index in [0.717, 1.165) is 10.0 Å². The molecule has 0 saturated heterocycles. The summed E-state index contributed by atoms with van der Waals surface area (Å²) in [5, 5.41) is 0.530. The Balaban J connectivity index is 1.62. The van der Waals surface area contributed by atoms with Gasteiger partial charge < -0.3 is 9.47 Å². The van der Waals surface area contributed by atoms with Crippen molar-refractivity contribution < 1.29 is 14.3 Å². The van der Waals surface area contributed by atoms with E-state index >= 15 is 0 Å². The van der Waals surface area contributed by atoms with Gasteiger partial charge in [0.15, 0.2) is 0 Å². The van der Waals surface area contributed by atoms with E-state index in [0.29, 0.717) is 16.7 Å². The van der Waals surface area contributed by atoms with Crippen LogP contribution in [0.1, 0.15) is 12.0 Å². The van der Waals surface area contributed by atoms with Gasteiger partial charge in [0.2, 0.25) is 0 Å². The number of fused-ring (bicyclic) bond motifs is 1. The van der Waals surface area contributed by atoms with Gasteiger partial charge in [-0.25, -0.2) is 4.98 Å². The van der Waals surface area contributed by atoms with Crippen LogP contribution in [0.4, 0.5) is 0 Å². The van der Waals surface area contributed by atoms with Crippen LogP contribution in [0.2, 0.25) is 0 Å². The van der Waals surface area contributed by atoms with Crippen molar-refractivity contribution >= 4 is 32.8 Å². The quantitative estimate of drug-likeness (QED) is 0.576. The molecule has 0 spiro atoms. The Kier molecular flexibility index (Phi) is 5.68. The highest BCUT2D eigenvalue weighted by Gasteiger charge is 2.10. The van der Waals surface area contributed by atoms with Crippen molar-refractivity contribution in [2.45, 2.75) is 19.6 Å².